The van der Waals surface area contributed by atoms with Crippen molar-refractivity contribution in [1.29, 1.82) is 0 Å². The summed E-state index contributed by atoms with van der Waals surface area (Å²) in [5.41, 5.74) is -0.0769. The average Bonchev–Trinajstić information content (AvgIpc) is 2.88. The first-order valence-corrected chi connectivity index (χ1v) is 6.16. The maximum atomic E-state index is 10.9. The van der Waals surface area contributed by atoms with Crippen LogP contribution in [0.4, 0.5) is 11.5 Å². The topological polar surface area (TPSA) is 77.3 Å². The van der Waals surface area contributed by atoms with Crippen LogP contribution in [0.5, 0.6) is 5.88 Å². The molecule has 0 radical (unpaired) electrons. The molecule has 1 aromatic heterocycles. The van der Waals surface area contributed by atoms with Gasteiger partial charge in [-0.05, 0) is 24.8 Å². The largest absolute Gasteiger partial charge is 0.472 e. The van der Waals surface area contributed by atoms with E-state index in [9.17, 15) is 10.1 Å². The van der Waals surface area contributed by atoms with Crippen molar-refractivity contribution in [2.45, 2.75) is 25.7 Å². The minimum atomic E-state index is -0.462. The fraction of sp³-hybridized carbons (Fsp3) is 0.583. The van der Waals surface area contributed by atoms with Crippen LogP contribution in [-0.2, 0) is 0 Å². The van der Waals surface area contributed by atoms with Crippen LogP contribution in [0.25, 0.3) is 0 Å². The van der Waals surface area contributed by atoms with Crippen LogP contribution in [-0.4, -0.2) is 23.6 Å². The Balaban J connectivity index is 2.10. The Morgan fingerprint density at radius 3 is 2.83 bits per heavy atom. The molecule has 1 saturated carbocycles. The van der Waals surface area contributed by atoms with E-state index in [1.165, 1.54) is 18.9 Å². The molecule has 1 fully saturated rings. The first kappa shape index (κ1) is 12.6. The van der Waals surface area contributed by atoms with Gasteiger partial charge in [0, 0.05) is 13.1 Å². The van der Waals surface area contributed by atoms with E-state index >= 15 is 0 Å². The molecule has 0 atom stereocenters. The Morgan fingerprint density at radius 1 is 1.50 bits per heavy atom. The van der Waals surface area contributed by atoms with Crippen LogP contribution in [0.3, 0.4) is 0 Å². The second-order valence-electron chi connectivity index (χ2n) is 4.49. The van der Waals surface area contributed by atoms with Gasteiger partial charge in [0.2, 0.25) is 0 Å². The third kappa shape index (κ3) is 2.88. The molecule has 1 aliphatic carbocycles. The van der Waals surface area contributed by atoms with Gasteiger partial charge in [-0.1, -0.05) is 12.8 Å². The van der Waals surface area contributed by atoms with Gasteiger partial charge >= 0.3 is 5.69 Å². The molecule has 0 unspecified atom stereocenters. The maximum absolute atomic E-state index is 10.9. The van der Waals surface area contributed by atoms with Crippen molar-refractivity contribution in [1.82, 2.24) is 4.98 Å². The molecule has 1 heterocycles. The second-order valence-corrected chi connectivity index (χ2v) is 4.49. The van der Waals surface area contributed by atoms with Gasteiger partial charge in [-0.15, -0.1) is 0 Å². The van der Waals surface area contributed by atoms with Gasteiger partial charge in [-0.25, -0.2) is 0 Å². The highest BCUT2D eigenvalue weighted by molar-refractivity contribution is 5.48. The summed E-state index contributed by atoms with van der Waals surface area (Å²) in [7, 11) is 1.72. The molecule has 0 aliphatic heterocycles. The molecule has 0 amide bonds. The lowest BCUT2D eigenvalue weighted by Crippen LogP contribution is -2.10. The Labute approximate surface area is 106 Å². The number of pyridine rings is 1. The van der Waals surface area contributed by atoms with E-state index in [0.717, 1.165) is 12.8 Å². The van der Waals surface area contributed by atoms with Gasteiger partial charge in [-0.2, -0.15) is 4.98 Å². The van der Waals surface area contributed by atoms with E-state index in [4.69, 9.17) is 4.74 Å². The first-order valence-electron chi connectivity index (χ1n) is 6.16. The number of rotatable bonds is 5. The van der Waals surface area contributed by atoms with Gasteiger partial charge in [-0.3, -0.25) is 10.1 Å². The molecule has 0 bridgehead atoms. The smallest absolute Gasteiger partial charge is 0.331 e. The zero-order chi connectivity index (χ0) is 13.0. The monoisotopic (exact) mass is 251 g/mol. The number of ether oxygens (including phenoxy) is 1. The van der Waals surface area contributed by atoms with Crippen LogP contribution in [0.2, 0.25) is 0 Å². The maximum Gasteiger partial charge on any atom is 0.331 e. The van der Waals surface area contributed by atoms with Crippen molar-refractivity contribution in [3.05, 3.63) is 22.2 Å². The number of hydrogen-bond acceptors (Lipinski definition) is 5. The van der Waals surface area contributed by atoms with E-state index < -0.39 is 4.92 Å². The number of anilines is 1. The number of hydrogen-bond donors (Lipinski definition) is 1. The van der Waals surface area contributed by atoms with Crippen molar-refractivity contribution in [3.63, 3.8) is 0 Å². The molecule has 0 spiro atoms. The molecular formula is C12H17N3O3. The summed E-state index contributed by atoms with van der Waals surface area (Å²) in [4.78, 5) is 14.5. The standard InChI is InChI=1S/C12H17N3O3/c1-13-11-7-6-10(15(16)17)12(14-11)18-8-9-4-2-3-5-9/h6-7,9H,2-5,8H2,1H3,(H,13,14). The van der Waals surface area contributed by atoms with Crippen LogP contribution < -0.4 is 10.1 Å². The molecule has 0 saturated heterocycles. The molecule has 1 N–H and O–H groups in total. The SMILES string of the molecule is CNc1ccc([N+](=O)[O-])c(OCC2CCCC2)n1. The number of aromatic nitrogens is 1. The van der Waals surface area contributed by atoms with Gasteiger partial charge in [0.05, 0.1) is 11.5 Å². The Morgan fingerprint density at radius 2 is 2.22 bits per heavy atom. The molecule has 1 aromatic rings. The highest BCUT2D eigenvalue weighted by Gasteiger charge is 2.21. The van der Waals surface area contributed by atoms with E-state index in [2.05, 4.69) is 10.3 Å². The van der Waals surface area contributed by atoms with Crippen molar-refractivity contribution < 1.29 is 9.66 Å². The molecule has 0 aromatic carbocycles. The predicted octanol–water partition coefficient (Wildman–Crippen LogP) is 2.60. The Kier molecular flexibility index (Phi) is 3.96. The summed E-state index contributed by atoms with van der Waals surface area (Å²) in [5, 5.41) is 13.7. The van der Waals surface area contributed by atoms with Crippen molar-refractivity contribution in [2.24, 2.45) is 5.92 Å². The lowest BCUT2D eigenvalue weighted by molar-refractivity contribution is -0.386. The van der Waals surface area contributed by atoms with Crippen molar-refractivity contribution >= 4 is 11.5 Å². The molecule has 98 valence electrons. The van der Waals surface area contributed by atoms with E-state index in [0.29, 0.717) is 18.3 Å². The van der Waals surface area contributed by atoms with Crippen LogP contribution in [0, 0.1) is 16.0 Å². The third-order valence-electron chi connectivity index (χ3n) is 3.22. The number of nitrogens with zero attached hydrogens (tertiary/aromatic N) is 2. The van der Waals surface area contributed by atoms with Crippen LogP contribution in [0.15, 0.2) is 12.1 Å². The molecule has 18 heavy (non-hydrogen) atoms. The summed E-state index contributed by atoms with van der Waals surface area (Å²) in [6.45, 7) is 0.515. The molecule has 6 heteroatoms. The Bertz CT molecular complexity index is 431. The summed E-state index contributed by atoms with van der Waals surface area (Å²) >= 11 is 0. The average molecular weight is 251 g/mol. The van der Waals surface area contributed by atoms with Gasteiger partial charge in [0.1, 0.15) is 5.82 Å². The minimum absolute atomic E-state index is 0.0769. The van der Waals surface area contributed by atoms with Crippen molar-refractivity contribution in [3.8, 4) is 5.88 Å². The van der Waals surface area contributed by atoms with Gasteiger partial charge in [0.15, 0.2) is 0 Å². The molecule has 2 rings (SSSR count). The molecule has 1 aliphatic rings. The van der Waals surface area contributed by atoms with Gasteiger partial charge in [0.25, 0.3) is 5.88 Å². The number of nitro groups is 1. The number of nitrogens with one attached hydrogen (secondary N) is 1. The highest BCUT2D eigenvalue weighted by Crippen LogP contribution is 2.29. The molecular weight excluding hydrogens is 234 g/mol. The van der Waals surface area contributed by atoms with Crippen LogP contribution in [0.1, 0.15) is 25.7 Å². The third-order valence-corrected chi connectivity index (χ3v) is 3.22. The van der Waals surface area contributed by atoms with E-state index in [1.54, 1.807) is 13.1 Å². The summed E-state index contributed by atoms with van der Waals surface area (Å²) in [6.07, 6.45) is 4.72. The Hall–Kier alpha value is -1.85. The minimum Gasteiger partial charge on any atom is -0.472 e. The summed E-state index contributed by atoms with van der Waals surface area (Å²) in [5.74, 6) is 1.19. The lowest BCUT2D eigenvalue weighted by atomic mass is 10.1. The predicted molar refractivity (Wildman–Crippen MR) is 67.9 cm³/mol. The van der Waals surface area contributed by atoms with Gasteiger partial charge < -0.3 is 10.1 Å². The summed E-state index contributed by atoms with van der Waals surface area (Å²) < 4.78 is 5.53. The zero-order valence-electron chi connectivity index (χ0n) is 10.4. The lowest BCUT2D eigenvalue weighted by Gasteiger charge is -2.11. The van der Waals surface area contributed by atoms with Crippen LogP contribution >= 0.6 is 0 Å². The zero-order valence-corrected chi connectivity index (χ0v) is 10.4. The second kappa shape index (κ2) is 5.66. The van der Waals surface area contributed by atoms with Crippen molar-refractivity contribution in [2.75, 3.05) is 19.0 Å². The van der Waals surface area contributed by atoms with E-state index in [1.807, 2.05) is 0 Å². The first-order chi connectivity index (χ1) is 8.70. The fourth-order valence-corrected chi connectivity index (χ4v) is 2.19. The molecule has 6 nitrogen and oxygen atoms in total. The summed E-state index contributed by atoms with van der Waals surface area (Å²) in [6, 6.07) is 2.99. The highest BCUT2D eigenvalue weighted by atomic mass is 16.6. The quantitative estimate of drug-likeness (QED) is 0.643. The fourth-order valence-electron chi connectivity index (χ4n) is 2.19. The van der Waals surface area contributed by atoms with E-state index in [-0.39, 0.29) is 11.6 Å². The normalized spacial score (nSPS) is 15.6.